The number of aliphatic hydroxyl groups is 1. The number of amides is 4. The van der Waals surface area contributed by atoms with Crippen LogP contribution in [0.15, 0.2) is 90.5 Å². The Balaban J connectivity index is 0.987. The van der Waals surface area contributed by atoms with Crippen molar-refractivity contribution in [1.82, 2.24) is 19.6 Å². The van der Waals surface area contributed by atoms with E-state index in [0.717, 1.165) is 51.3 Å². The van der Waals surface area contributed by atoms with Crippen molar-refractivity contribution >= 4 is 62.5 Å². The molecule has 5 aliphatic rings. The lowest BCUT2D eigenvalue weighted by Crippen LogP contribution is -2.49. The molecule has 3 aromatic carbocycles. The molecule has 5 aromatic rings. The van der Waals surface area contributed by atoms with Crippen molar-refractivity contribution in [3.8, 4) is 16.3 Å². The van der Waals surface area contributed by atoms with Gasteiger partial charge in [0.05, 0.1) is 34.7 Å². The summed E-state index contributed by atoms with van der Waals surface area (Å²) in [7, 11) is 1.75. The second kappa shape index (κ2) is 15.3. The van der Waals surface area contributed by atoms with Crippen molar-refractivity contribution in [3.63, 3.8) is 0 Å². The van der Waals surface area contributed by atoms with Gasteiger partial charge in [-0.25, -0.2) is 4.90 Å². The van der Waals surface area contributed by atoms with Gasteiger partial charge in [-0.15, -0.1) is 11.3 Å². The van der Waals surface area contributed by atoms with E-state index < -0.39 is 35.0 Å². The van der Waals surface area contributed by atoms with Gasteiger partial charge in [0.1, 0.15) is 23.9 Å². The van der Waals surface area contributed by atoms with Gasteiger partial charge in [0.2, 0.25) is 23.6 Å². The molecule has 61 heavy (non-hydrogen) atoms. The Kier molecular flexibility index (Phi) is 10.0. The summed E-state index contributed by atoms with van der Waals surface area (Å²) >= 11 is 7.94. The van der Waals surface area contributed by atoms with E-state index in [2.05, 4.69) is 23.1 Å². The van der Waals surface area contributed by atoms with E-state index in [0.29, 0.717) is 41.5 Å². The van der Waals surface area contributed by atoms with Crippen LogP contribution >= 0.6 is 22.9 Å². The highest BCUT2D eigenvalue weighted by atomic mass is 35.5. The molecule has 6 unspecified atom stereocenters. The molecule has 6 atom stereocenters. The molecule has 10 rings (SSSR count). The Morgan fingerprint density at radius 1 is 0.934 bits per heavy atom. The Hall–Kier alpha value is -5.14. The number of ether oxygens (including phenoxy) is 1. The van der Waals surface area contributed by atoms with Crippen LogP contribution in [0.1, 0.15) is 55.2 Å². The number of fused-ring (bicyclic) bond motifs is 5. The van der Waals surface area contributed by atoms with Gasteiger partial charge in [-0.3, -0.25) is 33.7 Å². The number of anilines is 1. The van der Waals surface area contributed by atoms with Gasteiger partial charge in [0, 0.05) is 54.4 Å². The number of piperidine rings is 1. The molecule has 0 radical (unpaired) electrons. The molecule has 0 spiro atoms. The van der Waals surface area contributed by atoms with Crippen molar-refractivity contribution in [1.29, 1.82) is 0 Å². The molecule has 2 aliphatic carbocycles. The molecule has 5 heterocycles. The number of hydrogen-bond acceptors (Lipinski definition) is 9. The summed E-state index contributed by atoms with van der Waals surface area (Å²) in [6.45, 7) is 6.35. The SMILES string of the molecule is Cc1c(-c2cc(N3C(=O)C4CC5C(=CCC6C(=O)N(C7CCN(Cc8ccccc8)CC7)C(=O)C65)C(c5ccc(OCCO)cc5)C4(C)C3=O)n(C)n2)sc2ccc(Cl)cc12. The highest BCUT2D eigenvalue weighted by Crippen LogP contribution is 2.64. The molecule has 1 N–H and O–H groups in total. The molecular formula is C48H48ClN5O6S. The summed E-state index contributed by atoms with van der Waals surface area (Å²) < 4.78 is 8.37. The van der Waals surface area contributed by atoms with Crippen molar-refractivity contribution < 1.29 is 29.0 Å². The maximum absolute atomic E-state index is 15.3. The standard InChI is InChI=1S/C48H48ClN5O6S/c1-27-35-23-30(49)11-16-39(35)61-43(27)38-25-40(51(3)50-38)54-45(57)37-24-36-33(42(48(37,2)47(54)59)29-9-12-32(13-10-29)60-22-21-55)14-15-34-41(36)46(58)53(44(34)56)31-17-19-52(20-18-31)26-28-7-5-4-6-8-28/h4-14,16,23,25,31,34,36-37,41-42,55H,15,17-22,24,26H2,1-3H3. The second-order valence-corrected chi connectivity index (χ2v) is 19.0. The number of aromatic nitrogens is 2. The highest BCUT2D eigenvalue weighted by Gasteiger charge is 2.68. The molecule has 4 amide bonds. The van der Waals surface area contributed by atoms with Crippen LogP contribution < -0.4 is 9.64 Å². The van der Waals surface area contributed by atoms with Gasteiger partial charge in [-0.05, 0) is 97.9 Å². The third-order valence-corrected chi connectivity index (χ3v) is 15.8. The quantitative estimate of drug-likeness (QED) is 0.119. The number of likely N-dealkylation sites (tertiary alicyclic amines) is 2. The smallest absolute Gasteiger partial charge is 0.242 e. The molecule has 1 saturated carbocycles. The summed E-state index contributed by atoms with van der Waals surface area (Å²) in [5, 5.41) is 15.9. The maximum Gasteiger partial charge on any atom is 0.242 e. The average molecular weight is 858 g/mol. The number of halogens is 1. The Morgan fingerprint density at radius 3 is 2.43 bits per heavy atom. The summed E-state index contributed by atoms with van der Waals surface area (Å²) in [6, 6.07) is 25.3. The van der Waals surface area contributed by atoms with Crippen molar-refractivity contribution in [2.45, 2.75) is 58.0 Å². The first-order valence-corrected chi connectivity index (χ1v) is 22.5. The van der Waals surface area contributed by atoms with Crippen LogP contribution in [0, 0.1) is 36.0 Å². The fourth-order valence-electron chi connectivity index (χ4n) is 11.3. The number of hydrogen-bond donors (Lipinski definition) is 1. The van der Waals surface area contributed by atoms with Gasteiger partial charge < -0.3 is 9.84 Å². The van der Waals surface area contributed by atoms with E-state index in [1.165, 1.54) is 10.5 Å². The molecule has 2 aromatic heterocycles. The minimum Gasteiger partial charge on any atom is -0.491 e. The predicted molar refractivity (Wildman–Crippen MR) is 234 cm³/mol. The summed E-state index contributed by atoms with van der Waals surface area (Å²) in [4.78, 5) is 65.7. The monoisotopic (exact) mass is 857 g/mol. The zero-order valence-electron chi connectivity index (χ0n) is 34.4. The predicted octanol–water partition coefficient (Wildman–Crippen LogP) is 7.53. The molecule has 11 nitrogen and oxygen atoms in total. The lowest BCUT2D eigenvalue weighted by Gasteiger charge is -2.49. The largest absolute Gasteiger partial charge is 0.491 e. The Bertz CT molecular complexity index is 2620. The number of aryl methyl sites for hydroxylation is 2. The summed E-state index contributed by atoms with van der Waals surface area (Å²) in [6.07, 6.45) is 4.21. The van der Waals surface area contributed by atoms with Crippen LogP contribution in [0.5, 0.6) is 5.75 Å². The normalized spacial score (nSPS) is 26.8. The first kappa shape index (κ1) is 40.0. The Labute approximate surface area is 363 Å². The molecule has 3 aliphatic heterocycles. The minimum absolute atomic E-state index is 0.112. The highest BCUT2D eigenvalue weighted by molar-refractivity contribution is 7.22. The van der Waals surface area contributed by atoms with Crippen molar-refractivity contribution in [2.75, 3.05) is 31.2 Å². The van der Waals surface area contributed by atoms with Crippen molar-refractivity contribution in [2.24, 2.45) is 36.1 Å². The topological polar surface area (TPSA) is 125 Å². The Morgan fingerprint density at radius 2 is 1.69 bits per heavy atom. The van der Waals surface area contributed by atoms with Crippen LogP contribution in [0.4, 0.5) is 5.82 Å². The summed E-state index contributed by atoms with van der Waals surface area (Å²) in [5.74, 6) is -2.78. The number of benzene rings is 3. The fourth-order valence-corrected chi connectivity index (χ4v) is 12.6. The van der Waals surface area contributed by atoms with E-state index in [1.807, 2.05) is 80.6 Å². The molecule has 314 valence electrons. The van der Waals surface area contributed by atoms with Crippen LogP contribution in [-0.4, -0.2) is 80.7 Å². The zero-order chi connectivity index (χ0) is 42.3. The van der Waals surface area contributed by atoms with Crippen LogP contribution in [0.3, 0.4) is 0 Å². The van der Waals surface area contributed by atoms with Gasteiger partial charge in [-0.1, -0.05) is 65.7 Å². The van der Waals surface area contributed by atoms with E-state index in [9.17, 15) is 14.7 Å². The molecule has 4 fully saturated rings. The number of carbonyl (C=O) groups excluding carboxylic acids is 4. The third kappa shape index (κ3) is 6.39. The summed E-state index contributed by atoms with van der Waals surface area (Å²) in [5.41, 5.74) is 3.48. The van der Waals surface area contributed by atoms with E-state index >= 15 is 9.59 Å². The van der Waals surface area contributed by atoms with E-state index in [1.54, 1.807) is 28.0 Å². The number of aliphatic hydroxyl groups excluding tert-OH is 1. The molecular weight excluding hydrogens is 810 g/mol. The van der Waals surface area contributed by atoms with Crippen molar-refractivity contribution in [3.05, 3.63) is 112 Å². The molecule has 0 bridgehead atoms. The molecule has 13 heteroatoms. The minimum atomic E-state index is -1.20. The lowest BCUT2D eigenvalue weighted by molar-refractivity contribution is -0.144. The van der Waals surface area contributed by atoms with Crippen LogP contribution in [0.25, 0.3) is 20.7 Å². The number of carbonyl (C=O) groups is 4. The van der Waals surface area contributed by atoms with Gasteiger partial charge in [0.25, 0.3) is 0 Å². The lowest BCUT2D eigenvalue weighted by atomic mass is 9.51. The average Bonchev–Trinajstić information content (AvgIpc) is 3.94. The number of allylic oxidation sites excluding steroid dienone is 2. The first-order chi connectivity index (χ1) is 29.5. The van der Waals surface area contributed by atoms with Gasteiger partial charge >= 0.3 is 0 Å². The number of imide groups is 2. The van der Waals surface area contributed by atoms with Gasteiger partial charge in [0.15, 0.2) is 0 Å². The second-order valence-electron chi connectivity index (χ2n) is 17.5. The third-order valence-electron chi connectivity index (χ3n) is 14.3. The van der Waals surface area contributed by atoms with Crippen LogP contribution in [0.2, 0.25) is 5.02 Å². The molecule has 3 saturated heterocycles. The van der Waals surface area contributed by atoms with Gasteiger partial charge in [-0.2, -0.15) is 5.10 Å². The number of thiophene rings is 1. The number of nitrogens with zero attached hydrogens (tertiary/aromatic N) is 5. The first-order valence-electron chi connectivity index (χ1n) is 21.3. The van der Waals surface area contributed by atoms with Crippen LogP contribution in [-0.2, 0) is 32.8 Å². The van der Waals surface area contributed by atoms with E-state index in [4.69, 9.17) is 21.4 Å². The fraction of sp³-hybridized carbons (Fsp3) is 0.396. The number of rotatable bonds is 9. The zero-order valence-corrected chi connectivity index (χ0v) is 36.0. The van der Waals surface area contributed by atoms with E-state index in [-0.39, 0.29) is 49.3 Å². The maximum atomic E-state index is 15.3.